The molecule has 0 unspecified atom stereocenters. The number of hydrogen-bond donors (Lipinski definition) is 0. The summed E-state index contributed by atoms with van der Waals surface area (Å²) >= 11 is 0. The first-order chi connectivity index (χ1) is 0. The molecule has 4 heteroatoms. The standard InChI is InChI=1S/CH4.CH3.Ir.H2N.2H2O/h1H4;1H3;;3*1H2/q;-1;;-1;;. The van der Waals surface area contributed by atoms with Crippen LogP contribution in [0.2, 0.25) is 0 Å². The van der Waals surface area contributed by atoms with Gasteiger partial charge in [0.05, 0.1) is 0 Å². The molecule has 1 radical (unpaired) electrons. The molecular weight excluding hydrogens is 262 g/mol. The normalized spacial score (nSPS) is 0. The predicted octanol–water partition coefficient (Wildman–Crippen LogP) is 0.152. The number of rotatable bonds is 0. The maximum absolute atomic E-state index is 0. The van der Waals surface area contributed by atoms with Crippen LogP contribution in [-0.2, 0) is 20.1 Å². The molecule has 0 aliphatic carbocycles. The third kappa shape index (κ3) is 201. The van der Waals surface area contributed by atoms with E-state index in [1.165, 1.54) is 0 Å². The Morgan fingerprint density at radius 1 is 0.833 bits per heavy atom. The zero-order valence-corrected chi connectivity index (χ0v) is 5.31. The van der Waals surface area contributed by atoms with Crippen LogP contribution in [-0.4, -0.2) is 11.0 Å². The van der Waals surface area contributed by atoms with Gasteiger partial charge in [-0.05, 0) is 0 Å². The molecule has 0 atom stereocenters. The molecule has 49 valence electrons. The second-order valence-corrected chi connectivity index (χ2v) is 0. The van der Waals surface area contributed by atoms with Gasteiger partial charge in [0.2, 0.25) is 0 Å². The van der Waals surface area contributed by atoms with Gasteiger partial charge in [0.25, 0.3) is 0 Å². The molecular formula is C2H13IrNO2-2. The summed E-state index contributed by atoms with van der Waals surface area (Å²) in [7, 11) is 0. The summed E-state index contributed by atoms with van der Waals surface area (Å²) in [5.74, 6) is 0. The fourth-order valence-electron chi connectivity index (χ4n) is 0. The van der Waals surface area contributed by atoms with Crippen molar-refractivity contribution in [1.82, 2.24) is 0 Å². The van der Waals surface area contributed by atoms with Gasteiger partial charge in [0.15, 0.2) is 0 Å². The summed E-state index contributed by atoms with van der Waals surface area (Å²) in [5.41, 5.74) is 0. The minimum absolute atomic E-state index is 0. The Balaban J connectivity index is 0. The Hall–Kier alpha value is 0.529. The molecule has 0 bridgehead atoms. The molecule has 0 aliphatic rings. The minimum Gasteiger partial charge on any atom is -0.693 e. The van der Waals surface area contributed by atoms with Crippen molar-refractivity contribution in [3.63, 3.8) is 0 Å². The summed E-state index contributed by atoms with van der Waals surface area (Å²) in [6, 6.07) is 0. The molecule has 0 fully saturated rings. The van der Waals surface area contributed by atoms with Crippen LogP contribution in [0.1, 0.15) is 7.43 Å². The summed E-state index contributed by atoms with van der Waals surface area (Å²) in [6.07, 6.45) is 0. The van der Waals surface area contributed by atoms with Crippen LogP contribution >= 0.6 is 0 Å². The van der Waals surface area contributed by atoms with Gasteiger partial charge >= 0.3 is 0 Å². The second-order valence-electron chi connectivity index (χ2n) is 0. The number of nitrogens with two attached hydrogens (primary N) is 1. The molecule has 0 aliphatic heterocycles. The van der Waals surface area contributed by atoms with Crippen molar-refractivity contribution >= 4 is 0 Å². The van der Waals surface area contributed by atoms with E-state index in [1.54, 1.807) is 0 Å². The van der Waals surface area contributed by atoms with E-state index in [2.05, 4.69) is 0 Å². The summed E-state index contributed by atoms with van der Waals surface area (Å²) in [6.45, 7) is 0. The largest absolute Gasteiger partial charge is 0.693 e. The summed E-state index contributed by atoms with van der Waals surface area (Å²) < 4.78 is 0. The van der Waals surface area contributed by atoms with Gasteiger partial charge in [-0.25, -0.2) is 0 Å². The molecule has 6 N–H and O–H groups in total. The van der Waals surface area contributed by atoms with Gasteiger partial charge in [0, 0.05) is 20.1 Å². The van der Waals surface area contributed by atoms with Gasteiger partial charge in [-0.3, -0.25) is 0 Å². The molecule has 0 spiro atoms. The van der Waals surface area contributed by atoms with Crippen LogP contribution in [0.25, 0.3) is 6.15 Å². The smallest absolute Gasteiger partial charge is 0 e. The SMILES string of the molecule is C.O.O.[CH3-].[Ir].[NH2-]. The van der Waals surface area contributed by atoms with Crippen molar-refractivity contribution in [3.8, 4) is 0 Å². The van der Waals surface area contributed by atoms with Crippen LogP contribution in [0.3, 0.4) is 0 Å². The zero-order valence-electron chi connectivity index (χ0n) is 2.91. The van der Waals surface area contributed by atoms with E-state index in [4.69, 9.17) is 0 Å². The fraction of sp³-hybridized carbons (Fsp3) is 0.500. The predicted molar refractivity (Wildman–Crippen MR) is 25.7 cm³/mol. The van der Waals surface area contributed by atoms with Gasteiger partial charge in [-0.2, -0.15) is 0 Å². The zero-order chi connectivity index (χ0) is 0. The molecule has 0 aromatic carbocycles. The van der Waals surface area contributed by atoms with Crippen molar-refractivity contribution in [2.75, 3.05) is 0 Å². The van der Waals surface area contributed by atoms with E-state index >= 15 is 0 Å². The Labute approximate surface area is 52.7 Å². The van der Waals surface area contributed by atoms with Crippen molar-refractivity contribution in [3.05, 3.63) is 13.6 Å². The van der Waals surface area contributed by atoms with Gasteiger partial charge in [-0.15, -0.1) is 0 Å². The molecule has 0 heterocycles. The van der Waals surface area contributed by atoms with Crippen molar-refractivity contribution in [1.29, 1.82) is 0 Å². The quantitative estimate of drug-likeness (QED) is 0.563. The van der Waals surface area contributed by atoms with E-state index in [-0.39, 0.29) is 52.1 Å². The van der Waals surface area contributed by atoms with Crippen LogP contribution in [0.15, 0.2) is 0 Å². The molecule has 0 rings (SSSR count). The molecule has 0 amide bonds. The van der Waals surface area contributed by atoms with Crippen molar-refractivity contribution in [2.24, 2.45) is 0 Å². The first-order valence-corrected chi connectivity index (χ1v) is 0. The average molecular weight is 275 g/mol. The van der Waals surface area contributed by atoms with Crippen molar-refractivity contribution in [2.45, 2.75) is 7.43 Å². The number of hydrogen-bond acceptors (Lipinski definition) is 0. The molecule has 6 heavy (non-hydrogen) atoms. The summed E-state index contributed by atoms with van der Waals surface area (Å²) in [5, 5.41) is 0. The van der Waals surface area contributed by atoms with Gasteiger partial charge < -0.3 is 24.5 Å². The van der Waals surface area contributed by atoms with Crippen LogP contribution in [0, 0.1) is 7.43 Å². The molecule has 0 aromatic heterocycles. The molecule has 0 saturated heterocycles. The fourth-order valence-corrected chi connectivity index (χ4v) is 0. The third-order valence-electron chi connectivity index (χ3n) is 0. The molecule has 0 saturated carbocycles. The topological polar surface area (TPSA) is 96.5 Å². The van der Waals surface area contributed by atoms with Gasteiger partial charge in [0.1, 0.15) is 0 Å². The maximum Gasteiger partial charge on any atom is 0 e. The second kappa shape index (κ2) is 405. The summed E-state index contributed by atoms with van der Waals surface area (Å²) in [4.78, 5) is 0. The van der Waals surface area contributed by atoms with E-state index < -0.39 is 0 Å². The Bertz CT molecular complexity index is 11.5. The minimum atomic E-state index is 0. The van der Waals surface area contributed by atoms with E-state index in [1.807, 2.05) is 0 Å². The van der Waals surface area contributed by atoms with E-state index in [0.717, 1.165) is 0 Å². The van der Waals surface area contributed by atoms with Crippen LogP contribution in [0.4, 0.5) is 0 Å². The van der Waals surface area contributed by atoms with Crippen LogP contribution < -0.4 is 0 Å². The van der Waals surface area contributed by atoms with Gasteiger partial charge in [-0.1, -0.05) is 7.43 Å². The Kier molecular flexibility index (Phi) is 48100. The Morgan fingerprint density at radius 3 is 0.833 bits per heavy atom. The van der Waals surface area contributed by atoms with E-state index in [0.29, 0.717) is 0 Å². The first kappa shape index (κ1) is 712. The average Bonchev–Trinajstić information content (AvgIpc) is 0. The Morgan fingerprint density at radius 2 is 0.833 bits per heavy atom. The molecule has 3 nitrogen and oxygen atoms in total. The monoisotopic (exact) mass is 276 g/mol. The third-order valence-corrected chi connectivity index (χ3v) is 0. The first-order valence-electron chi connectivity index (χ1n) is 0. The molecule has 0 aromatic rings. The maximum atomic E-state index is 0. The van der Waals surface area contributed by atoms with Crippen molar-refractivity contribution < 1.29 is 31.1 Å². The van der Waals surface area contributed by atoms with E-state index in [9.17, 15) is 0 Å². The van der Waals surface area contributed by atoms with Crippen LogP contribution in [0.5, 0.6) is 0 Å².